The summed E-state index contributed by atoms with van der Waals surface area (Å²) >= 11 is 1.10. The lowest BCUT2D eigenvalue weighted by Crippen LogP contribution is -2.41. The molecule has 24 heavy (non-hydrogen) atoms. The molecule has 0 radical (unpaired) electrons. The molecule has 1 heterocycles. The molecular weight excluding hydrogens is 324 g/mol. The van der Waals surface area contributed by atoms with Crippen molar-refractivity contribution < 1.29 is 14.7 Å². The summed E-state index contributed by atoms with van der Waals surface area (Å²) in [4.78, 5) is 28.3. The largest absolute Gasteiger partial charge is 0.477 e. The molecule has 0 aliphatic heterocycles. The number of benzene rings is 1. The van der Waals surface area contributed by atoms with Crippen molar-refractivity contribution >= 4 is 23.2 Å². The molecule has 0 bridgehead atoms. The van der Waals surface area contributed by atoms with Crippen molar-refractivity contribution in [3.05, 3.63) is 51.0 Å². The van der Waals surface area contributed by atoms with Crippen molar-refractivity contribution in [3.63, 3.8) is 0 Å². The van der Waals surface area contributed by atoms with Gasteiger partial charge in [-0.2, -0.15) is 0 Å². The molecular formula is C18H22N2O3S. The van der Waals surface area contributed by atoms with Crippen LogP contribution in [0.4, 0.5) is 0 Å². The van der Waals surface area contributed by atoms with Crippen LogP contribution < -0.4 is 5.32 Å². The number of hydrogen-bond donors (Lipinski definition) is 2. The van der Waals surface area contributed by atoms with E-state index in [1.807, 2.05) is 52.0 Å². The monoisotopic (exact) mass is 346 g/mol. The second-order valence-electron chi connectivity index (χ2n) is 6.46. The van der Waals surface area contributed by atoms with Crippen LogP contribution in [0.25, 0.3) is 0 Å². The molecule has 0 spiro atoms. The van der Waals surface area contributed by atoms with Crippen molar-refractivity contribution in [3.8, 4) is 0 Å². The number of thiazole rings is 1. The van der Waals surface area contributed by atoms with Crippen molar-refractivity contribution in [2.45, 2.75) is 46.1 Å². The van der Waals surface area contributed by atoms with Gasteiger partial charge >= 0.3 is 5.97 Å². The molecule has 1 amide bonds. The van der Waals surface area contributed by atoms with Crippen molar-refractivity contribution in [2.75, 3.05) is 0 Å². The molecule has 1 aromatic carbocycles. The van der Waals surface area contributed by atoms with E-state index in [2.05, 4.69) is 10.3 Å². The number of carbonyl (C=O) groups is 2. The minimum Gasteiger partial charge on any atom is -0.477 e. The fourth-order valence-electron chi connectivity index (χ4n) is 2.34. The Kier molecular flexibility index (Phi) is 5.08. The Bertz CT molecular complexity index is 763. The van der Waals surface area contributed by atoms with Crippen LogP contribution >= 0.6 is 11.3 Å². The molecule has 1 atom stereocenters. The molecule has 2 rings (SSSR count). The normalized spacial score (nSPS) is 12.7. The molecule has 2 aromatic rings. The molecule has 1 aromatic heterocycles. The minimum atomic E-state index is -0.991. The minimum absolute atomic E-state index is 0.122. The fraction of sp³-hybridized carbons (Fsp3) is 0.389. The second-order valence-corrected chi connectivity index (χ2v) is 7.49. The van der Waals surface area contributed by atoms with E-state index >= 15 is 0 Å². The van der Waals surface area contributed by atoms with Crippen LogP contribution in [0.2, 0.25) is 0 Å². The summed E-state index contributed by atoms with van der Waals surface area (Å²) in [5.74, 6) is -1.11. The van der Waals surface area contributed by atoms with Gasteiger partial charge in [0.2, 0.25) is 5.91 Å². The van der Waals surface area contributed by atoms with E-state index in [1.54, 1.807) is 6.92 Å². The average molecular weight is 346 g/mol. The molecule has 0 aliphatic carbocycles. The number of aromatic nitrogens is 1. The summed E-state index contributed by atoms with van der Waals surface area (Å²) < 4.78 is 0. The maximum Gasteiger partial charge on any atom is 0.347 e. The zero-order chi connectivity index (χ0) is 18.1. The van der Waals surface area contributed by atoms with Gasteiger partial charge in [0.15, 0.2) is 0 Å². The molecule has 5 nitrogen and oxygen atoms in total. The first-order valence-corrected chi connectivity index (χ1v) is 8.53. The molecule has 1 unspecified atom stereocenters. The third-order valence-electron chi connectivity index (χ3n) is 4.07. The van der Waals surface area contributed by atoms with E-state index in [1.165, 1.54) is 0 Å². The first-order chi connectivity index (χ1) is 11.1. The lowest BCUT2D eigenvalue weighted by Gasteiger charge is -2.26. The van der Waals surface area contributed by atoms with Crippen molar-refractivity contribution in [1.29, 1.82) is 0 Å². The zero-order valence-electron chi connectivity index (χ0n) is 14.5. The molecule has 128 valence electrons. The van der Waals surface area contributed by atoms with Gasteiger partial charge in [-0.3, -0.25) is 4.79 Å². The Balaban J connectivity index is 2.17. The number of nitrogens with zero attached hydrogens (tertiary/aromatic N) is 1. The van der Waals surface area contributed by atoms with Crippen LogP contribution in [-0.4, -0.2) is 22.0 Å². The summed E-state index contributed by atoms with van der Waals surface area (Å²) in [5, 5.41) is 12.7. The number of hydrogen-bond acceptors (Lipinski definition) is 4. The summed E-state index contributed by atoms with van der Waals surface area (Å²) in [6, 6.07) is 7.53. The molecule has 0 saturated heterocycles. The van der Waals surface area contributed by atoms with Crippen LogP contribution in [0, 0.1) is 13.8 Å². The predicted molar refractivity (Wildman–Crippen MR) is 94.6 cm³/mol. The van der Waals surface area contributed by atoms with Gasteiger partial charge < -0.3 is 10.4 Å². The Hall–Kier alpha value is -2.21. The third-order valence-corrected chi connectivity index (χ3v) is 5.39. The van der Waals surface area contributed by atoms with E-state index in [0.29, 0.717) is 10.7 Å². The van der Waals surface area contributed by atoms with Crippen LogP contribution in [0.1, 0.15) is 58.3 Å². The first-order valence-electron chi connectivity index (χ1n) is 7.71. The van der Waals surface area contributed by atoms with Gasteiger partial charge in [0.1, 0.15) is 9.88 Å². The zero-order valence-corrected chi connectivity index (χ0v) is 15.3. The topological polar surface area (TPSA) is 79.3 Å². The van der Waals surface area contributed by atoms with E-state index in [9.17, 15) is 9.59 Å². The number of rotatable bonds is 5. The van der Waals surface area contributed by atoms with Gasteiger partial charge in [-0.15, -0.1) is 11.3 Å². The summed E-state index contributed by atoms with van der Waals surface area (Å²) in [6.07, 6.45) is 0. The molecule has 0 saturated carbocycles. The van der Waals surface area contributed by atoms with Gasteiger partial charge in [0.25, 0.3) is 0 Å². The highest BCUT2D eigenvalue weighted by molar-refractivity contribution is 7.13. The summed E-state index contributed by atoms with van der Waals surface area (Å²) in [5.41, 5.74) is 1.85. The van der Waals surface area contributed by atoms with E-state index in [4.69, 9.17) is 5.11 Å². The SMILES string of the molecule is Cc1ccc(C(C)(C)C(=O)NC(C)c2nc(C)c(C(=O)O)s2)cc1. The van der Waals surface area contributed by atoms with Gasteiger partial charge in [-0.25, -0.2) is 9.78 Å². The quantitative estimate of drug-likeness (QED) is 0.867. The lowest BCUT2D eigenvalue weighted by atomic mass is 9.83. The molecule has 6 heteroatoms. The van der Waals surface area contributed by atoms with Gasteiger partial charge in [0, 0.05) is 0 Å². The second kappa shape index (κ2) is 6.73. The number of amides is 1. The highest BCUT2D eigenvalue weighted by Gasteiger charge is 2.31. The van der Waals surface area contributed by atoms with E-state index in [0.717, 1.165) is 22.5 Å². The average Bonchev–Trinajstić information content (AvgIpc) is 2.90. The number of aromatic carboxylic acids is 1. The third kappa shape index (κ3) is 3.64. The Labute approximate surface area is 145 Å². The number of aryl methyl sites for hydroxylation is 2. The summed E-state index contributed by atoms with van der Waals surface area (Å²) in [6.45, 7) is 9.22. The fourth-order valence-corrected chi connectivity index (χ4v) is 3.25. The number of carboxylic acid groups (broad SMARTS) is 1. The standard InChI is InChI=1S/C18H22N2O3S/c1-10-6-8-13(9-7-10)18(4,5)17(23)20-12(3)15-19-11(2)14(24-15)16(21)22/h6-9,12H,1-5H3,(H,20,23)(H,21,22). The van der Waals surface area contributed by atoms with Crippen LogP contribution in [0.5, 0.6) is 0 Å². The van der Waals surface area contributed by atoms with Crippen LogP contribution in [0.3, 0.4) is 0 Å². The van der Waals surface area contributed by atoms with Gasteiger partial charge in [-0.1, -0.05) is 29.8 Å². The molecule has 0 fully saturated rings. The smallest absolute Gasteiger partial charge is 0.347 e. The highest BCUT2D eigenvalue weighted by Crippen LogP contribution is 2.27. The van der Waals surface area contributed by atoms with Gasteiger partial charge in [0.05, 0.1) is 17.2 Å². The predicted octanol–water partition coefficient (Wildman–Crippen LogP) is 3.61. The van der Waals surface area contributed by atoms with Crippen LogP contribution in [0.15, 0.2) is 24.3 Å². The van der Waals surface area contributed by atoms with Gasteiger partial charge in [-0.05, 0) is 40.2 Å². The number of carbonyl (C=O) groups excluding carboxylic acids is 1. The summed E-state index contributed by atoms with van der Waals surface area (Å²) in [7, 11) is 0. The highest BCUT2D eigenvalue weighted by atomic mass is 32.1. The number of nitrogens with one attached hydrogen (secondary N) is 1. The first kappa shape index (κ1) is 18.1. The Morgan fingerprint density at radius 1 is 1.21 bits per heavy atom. The Morgan fingerprint density at radius 2 is 1.79 bits per heavy atom. The van der Waals surface area contributed by atoms with Crippen molar-refractivity contribution in [2.24, 2.45) is 0 Å². The van der Waals surface area contributed by atoms with E-state index < -0.39 is 11.4 Å². The number of carboxylic acids is 1. The maximum absolute atomic E-state index is 12.7. The van der Waals surface area contributed by atoms with E-state index in [-0.39, 0.29) is 16.8 Å². The Morgan fingerprint density at radius 3 is 2.29 bits per heavy atom. The molecule has 0 aliphatic rings. The lowest BCUT2D eigenvalue weighted by molar-refractivity contribution is -0.126. The molecule has 2 N–H and O–H groups in total. The van der Waals surface area contributed by atoms with Crippen molar-refractivity contribution in [1.82, 2.24) is 10.3 Å². The maximum atomic E-state index is 12.7. The van der Waals surface area contributed by atoms with Crippen LogP contribution in [-0.2, 0) is 10.2 Å².